The number of nitrogens with one attached hydrogen (secondary N) is 1. The lowest BCUT2D eigenvalue weighted by Crippen LogP contribution is -2.12. The highest BCUT2D eigenvalue weighted by atomic mass is 19.1. The third kappa shape index (κ3) is 3.38. The summed E-state index contributed by atoms with van der Waals surface area (Å²) in [4.78, 5) is 0. The van der Waals surface area contributed by atoms with Crippen LogP contribution in [-0.4, -0.2) is 6.54 Å². The highest BCUT2D eigenvalue weighted by Crippen LogP contribution is 2.26. The molecule has 1 nitrogen and oxygen atoms in total. The minimum Gasteiger partial charge on any atom is -0.313 e. The van der Waals surface area contributed by atoms with Gasteiger partial charge in [0.2, 0.25) is 0 Å². The van der Waals surface area contributed by atoms with E-state index < -0.39 is 0 Å². The Labute approximate surface area is 112 Å². The number of hydrogen-bond donors (Lipinski definition) is 1. The fraction of sp³-hybridized carbons (Fsp3) is 0.250. The molecule has 0 amide bonds. The van der Waals surface area contributed by atoms with Crippen LogP contribution in [-0.2, 0) is 6.54 Å². The summed E-state index contributed by atoms with van der Waals surface area (Å²) in [5.41, 5.74) is 3.34. The number of aryl methyl sites for hydroxylation is 1. The Morgan fingerprint density at radius 3 is 2.47 bits per heavy atom. The zero-order valence-corrected chi connectivity index (χ0v) is 11.1. The van der Waals surface area contributed by atoms with Gasteiger partial charge in [0.25, 0.3) is 0 Å². The first-order valence-electron chi connectivity index (χ1n) is 6.37. The molecule has 0 radical (unpaired) electrons. The molecule has 100 valence electrons. The van der Waals surface area contributed by atoms with Crippen molar-refractivity contribution in [3.05, 3.63) is 59.2 Å². The Hall–Kier alpha value is -1.74. The molecule has 2 aromatic carbocycles. The van der Waals surface area contributed by atoms with Gasteiger partial charge in [0.15, 0.2) is 0 Å². The molecule has 0 aliphatic rings. The summed E-state index contributed by atoms with van der Waals surface area (Å²) in [5, 5.41) is 3.17. The third-order valence-corrected chi connectivity index (χ3v) is 2.99. The Morgan fingerprint density at radius 2 is 1.79 bits per heavy atom. The molecule has 0 unspecified atom stereocenters. The first-order valence-corrected chi connectivity index (χ1v) is 6.37. The standard InChI is InChI=1S/C16H17F2N/c1-3-19-10-13-9-14(17)4-5-16(13)12-6-11(2)7-15(18)8-12/h4-9,19H,3,10H2,1-2H3. The molecule has 2 aromatic rings. The second-order valence-electron chi connectivity index (χ2n) is 4.60. The van der Waals surface area contributed by atoms with Gasteiger partial charge in [-0.05, 0) is 60.0 Å². The summed E-state index contributed by atoms with van der Waals surface area (Å²) in [6, 6.07) is 9.48. The van der Waals surface area contributed by atoms with Gasteiger partial charge in [-0.15, -0.1) is 0 Å². The van der Waals surface area contributed by atoms with Crippen molar-refractivity contribution in [3.8, 4) is 11.1 Å². The van der Waals surface area contributed by atoms with Crippen LogP contribution < -0.4 is 5.32 Å². The summed E-state index contributed by atoms with van der Waals surface area (Å²) < 4.78 is 26.8. The molecule has 0 saturated carbocycles. The maximum absolute atomic E-state index is 13.5. The molecule has 0 aromatic heterocycles. The van der Waals surface area contributed by atoms with E-state index in [0.29, 0.717) is 6.54 Å². The van der Waals surface area contributed by atoms with E-state index >= 15 is 0 Å². The van der Waals surface area contributed by atoms with Gasteiger partial charge >= 0.3 is 0 Å². The van der Waals surface area contributed by atoms with E-state index in [4.69, 9.17) is 0 Å². The van der Waals surface area contributed by atoms with Gasteiger partial charge in [0.1, 0.15) is 11.6 Å². The zero-order valence-electron chi connectivity index (χ0n) is 11.1. The molecular weight excluding hydrogens is 244 g/mol. The molecule has 0 fully saturated rings. The van der Waals surface area contributed by atoms with E-state index in [0.717, 1.165) is 28.8 Å². The number of rotatable bonds is 4. The molecule has 1 N–H and O–H groups in total. The monoisotopic (exact) mass is 261 g/mol. The Bertz CT molecular complexity index is 559. The predicted molar refractivity (Wildman–Crippen MR) is 73.9 cm³/mol. The quantitative estimate of drug-likeness (QED) is 0.875. The van der Waals surface area contributed by atoms with E-state index in [1.807, 2.05) is 19.9 Å². The van der Waals surface area contributed by atoms with Crippen LogP contribution in [0.1, 0.15) is 18.1 Å². The van der Waals surface area contributed by atoms with Crippen LogP contribution in [0, 0.1) is 18.6 Å². The first-order chi connectivity index (χ1) is 9.10. The van der Waals surface area contributed by atoms with E-state index in [1.165, 1.54) is 24.3 Å². The van der Waals surface area contributed by atoms with Crippen LogP contribution in [0.2, 0.25) is 0 Å². The van der Waals surface area contributed by atoms with Gasteiger partial charge in [-0.3, -0.25) is 0 Å². The first kappa shape index (κ1) is 13.7. The number of hydrogen-bond acceptors (Lipinski definition) is 1. The Kier molecular flexibility index (Phi) is 4.27. The molecule has 0 bridgehead atoms. The van der Waals surface area contributed by atoms with Crippen molar-refractivity contribution in [2.24, 2.45) is 0 Å². The molecule has 3 heteroatoms. The SMILES string of the molecule is CCNCc1cc(F)ccc1-c1cc(C)cc(F)c1. The van der Waals surface area contributed by atoms with Crippen LogP contribution >= 0.6 is 0 Å². The molecule has 0 aliphatic carbocycles. The second-order valence-corrected chi connectivity index (χ2v) is 4.60. The van der Waals surface area contributed by atoms with Crippen LogP contribution in [0.25, 0.3) is 11.1 Å². The highest BCUT2D eigenvalue weighted by molar-refractivity contribution is 5.68. The third-order valence-electron chi connectivity index (χ3n) is 2.99. The van der Waals surface area contributed by atoms with Crippen LogP contribution in [0.3, 0.4) is 0 Å². The lowest BCUT2D eigenvalue weighted by Gasteiger charge is -2.11. The van der Waals surface area contributed by atoms with Gasteiger partial charge in [-0.1, -0.05) is 19.1 Å². The fourth-order valence-electron chi connectivity index (χ4n) is 2.14. The van der Waals surface area contributed by atoms with Crippen LogP contribution in [0.15, 0.2) is 36.4 Å². The number of benzene rings is 2. The zero-order chi connectivity index (χ0) is 13.8. The van der Waals surface area contributed by atoms with Crippen LogP contribution in [0.4, 0.5) is 8.78 Å². The van der Waals surface area contributed by atoms with Crippen molar-refractivity contribution >= 4 is 0 Å². The lowest BCUT2D eigenvalue weighted by atomic mass is 9.98. The summed E-state index contributed by atoms with van der Waals surface area (Å²) in [7, 11) is 0. The van der Waals surface area contributed by atoms with Crippen LogP contribution in [0.5, 0.6) is 0 Å². The smallest absolute Gasteiger partial charge is 0.124 e. The van der Waals surface area contributed by atoms with Crippen molar-refractivity contribution in [2.75, 3.05) is 6.54 Å². The largest absolute Gasteiger partial charge is 0.313 e. The average Bonchev–Trinajstić information content (AvgIpc) is 2.35. The molecular formula is C16H17F2N. The van der Waals surface area contributed by atoms with Gasteiger partial charge in [0.05, 0.1) is 0 Å². The molecule has 2 rings (SSSR count). The van der Waals surface area contributed by atoms with Gasteiger partial charge in [-0.25, -0.2) is 8.78 Å². The minimum atomic E-state index is -0.273. The maximum Gasteiger partial charge on any atom is 0.124 e. The lowest BCUT2D eigenvalue weighted by molar-refractivity contribution is 0.622. The summed E-state index contributed by atoms with van der Waals surface area (Å²) >= 11 is 0. The fourth-order valence-corrected chi connectivity index (χ4v) is 2.14. The van der Waals surface area contributed by atoms with Crippen molar-refractivity contribution in [1.29, 1.82) is 0 Å². The van der Waals surface area contributed by atoms with E-state index in [-0.39, 0.29) is 11.6 Å². The Morgan fingerprint density at radius 1 is 1.00 bits per heavy atom. The van der Waals surface area contributed by atoms with Gasteiger partial charge in [-0.2, -0.15) is 0 Å². The molecule has 0 saturated heterocycles. The Balaban J connectivity index is 2.47. The molecule has 0 aliphatic heterocycles. The predicted octanol–water partition coefficient (Wildman–Crippen LogP) is 4.05. The van der Waals surface area contributed by atoms with Crippen molar-refractivity contribution in [1.82, 2.24) is 5.32 Å². The van der Waals surface area contributed by atoms with E-state index in [9.17, 15) is 8.78 Å². The molecule has 0 atom stereocenters. The molecule has 0 heterocycles. The minimum absolute atomic E-state index is 0.270. The topological polar surface area (TPSA) is 12.0 Å². The van der Waals surface area contributed by atoms with Gasteiger partial charge in [0, 0.05) is 6.54 Å². The summed E-state index contributed by atoms with van der Waals surface area (Å²) in [6.07, 6.45) is 0. The van der Waals surface area contributed by atoms with Crippen molar-refractivity contribution < 1.29 is 8.78 Å². The number of halogens is 2. The highest BCUT2D eigenvalue weighted by Gasteiger charge is 2.08. The normalized spacial score (nSPS) is 10.7. The summed E-state index contributed by atoms with van der Waals surface area (Å²) in [6.45, 7) is 5.21. The second kappa shape index (κ2) is 5.93. The van der Waals surface area contributed by atoms with Gasteiger partial charge < -0.3 is 5.32 Å². The average molecular weight is 261 g/mol. The molecule has 19 heavy (non-hydrogen) atoms. The summed E-state index contributed by atoms with van der Waals surface area (Å²) in [5.74, 6) is -0.543. The molecule has 0 spiro atoms. The maximum atomic E-state index is 13.5. The van der Waals surface area contributed by atoms with E-state index in [1.54, 1.807) is 6.07 Å². The van der Waals surface area contributed by atoms with Crippen molar-refractivity contribution in [3.63, 3.8) is 0 Å². The van der Waals surface area contributed by atoms with E-state index in [2.05, 4.69) is 5.32 Å². The van der Waals surface area contributed by atoms with Crippen molar-refractivity contribution in [2.45, 2.75) is 20.4 Å².